The molecule has 2 N–H and O–H groups in total. The first kappa shape index (κ1) is 12.6. The molecule has 0 aromatic heterocycles. The second-order valence-electron chi connectivity index (χ2n) is 5.25. The number of fused-ring (bicyclic) bond motifs is 1. The van der Waals surface area contributed by atoms with Crippen molar-refractivity contribution >= 4 is 0 Å². The van der Waals surface area contributed by atoms with Crippen molar-refractivity contribution in [1.82, 2.24) is 9.80 Å². The van der Waals surface area contributed by atoms with Gasteiger partial charge in [-0.2, -0.15) is 0 Å². The molecule has 0 aliphatic carbocycles. The summed E-state index contributed by atoms with van der Waals surface area (Å²) < 4.78 is 0. The van der Waals surface area contributed by atoms with Crippen LogP contribution in [0.4, 0.5) is 0 Å². The monoisotopic (exact) mass is 233 g/mol. The molecule has 0 saturated heterocycles. The molecule has 2 unspecified atom stereocenters. The second-order valence-corrected chi connectivity index (χ2v) is 5.25. The van der Waals surface area contributed by atoms with Gasteiger partial charge in [0.2, 0.25) is 0 Å². The van der Waals surface area contributed by atoms with Crippen molar-refractivity contribution in [3.05, 3.63) is 34.9 Å². The number of likely N-dealkylation sites (N-methyl/N-ethyl adjacent to an activating group) is 2. The molecule has 0 bridgehead atoms. The number of nitrogens with zero attached hydrogens (tertiary/aromatic N) is 2. The topological polar surface area (TPSA) is 32.5 Å². The number of benzene rings is 1. The van der Waals surface area contributed by atoms with Crippen molar-refractivity contribution in [3.63, 3.8) is 0 Å². The zero-order chi connectivity index (χ0) is 12.6. The lowest BCUT2D eigenvalue weighted by Crippen LogP contribution is -2.43. The third-order valence-corrected chi connectivity index (χ3v) is 3.89. The van der Waals surface area contributed by atoms with Gasteiger partial charge in [-0.25, -0.2) is 0 Å². The maximum atomic E-state index is 5.92. The van der Waals surface area contributed by atoms with Gasteiger partial charge < -0.3 is 10.6 Å². The maximum absolute atomic E-state index is 5.92. The molecule has 0 saturated carbocycles. The average molecular weight is 233 g/mol. The molecule has 1 aromatic carbocycles. The lowest BCUT2D eigenvalue weighted by molar-refractivity contribution is 0.148. The minimum Gasteiger partial charge on any atom is -0.329 e. The molecule has 2 atom stereocenters. The van der Waals surface area contributed by atoms with E-state index >= 15 is 0 Å². The summed E-state index contributed by atoms with van der Waals surface area (Å²) in [6.45, 7) is 3.94. The van der Waals surface area contributed by atoms with Crippen molar-refractivity contribution in [2.45, 2.75) is 19.0 Å². The maximum Gasteiger partial charge on any atom is 0.0475 e. The molecular weight excluding hydrogens is 210 g/mol. The minimum absolute atomic E-state index is 0.362. The summed E-state index contributed by atoms with van der Waals surface area (Å²) in [4.78, 5) is 4.67. The van der Waals surface area contributed by atoms with Gasteiger partial charge >= 0.3 is 0 Å². The summed E-state index contributed by atoms with van der Waals surface area (Å²) in [6, 6.07) is 7.41. The zero-order valence-corrected chi connectivity index (χ0v) is 11.3. The first-order valence-electron chi connectivity index (χ1n) is 6.22. The van der Waals surface area contributed by atoms with Crippen molar-refractivity contribution in [1.29, 1.82) is 0 Å². The lowest BCUT2D eigenvalue weighted by atomic mass is 9.86. The van der Waals surface area contributed by atoms with Gasteiger partial charge in [-0.15, -0.1) is 0 Å². The fourth-order valence-corrected chi connectivity index (χ4v) is 2.91. The van der Waals surface area contributed by atoms with E-state index in [1.165, 1.54) is 16.7 Å². The lowest BCUT2D eigenvalue weighted by Gasteiger charge is -2.42. The van der Waals surface area contributed by atoms with Crippen LogP contribution in [0.25, 0.3) is 0 Å². The molecule has 1 aromatic rings. The highest BCUT2D eigenvalue weighted by molar-refractivity contribution is 5.41. The van der Waals surface area contributed by atoms with Gasteiger partial charge in [0, 0.05) is 25.2 Å². The van der Waals surface area contributed by atoms with Gasteiger partial charge in [0.05, 0.1) is 0 Å². The van der Waals surface area contributed by atoms with Gasteiger partial charge in [-0.1, -0.05) is 18.2 Å². The highest BCUT2D eigenvalue weighted by Crippen LogP contribution is 2.37. The van der Waals surface area contributed by atoms with Crippen molar-refractivity contribution in [3.8, 4) is 0 Å². The quantitative estimate of drug-likeness (QED) is 0.841. The van der Waals surface area contributed by atoms with E-state index in [1.54, 1.807) is 0 Å². The molecular formula is C14H23N3. The highest BCUT2D eigenvalue weighted by atomic mass is 15.2. The number of nitrogens with two attached hydrogens (primary N) is 1. The Bertz CT molecular complexity index is 400. The molecule has 1 aliphatic heterocycles. The number of hydrogen-bond donors (Lipinski definition) is 1. The van der Waals surface area contributed by atoms with Crippen LogP contribution < -0.4 is 5.73 Å². The molecule has 0 spiro atoms. The van der Waals surface area contributed by atoms with E-state index in [4.69, 9.17) is 5.73 Å². The van der Waals surface area contributed by atoms with Gasteiger partial charge in [0.25, 0.3) is 0 Å². The summed E-state index contributed by atoms with van der Waals surface area (Å²) >= 11 is 0. The number of hydrogen-bond acceptors (Lipinski definition) is 3. The zero-order valence-electron chi connectivity index (χ0n) is 11.3. The smallest absolute Gasteiger partial charge is 0.0475 e. The molecule has 0 fully saturated rings. The molecule has 1 heterocycles. The van der Waals surface area contributed by atoms with E-state index in [0.29, 0.717) is 18.6 Å². The third-order valence-electron chi connectivity index (χ3n) is 3.89. The Kier molecular flexibility index (Phi) is 3.52. The molecule has 3 heteroatoms. The molecule has 0 amide bonds. The standard InChI is InChI=1S/C14H23N3/c1-10-6-5-7-11-12(8-15)17(4)9-13(14(10)11)16(2)3/h5-7,12-13H,8-9,15H2,1-4H3. The Balaban J connectivity index is 2.54. The van der Waals surface area contributed by atoms with Crippen molar-refractivity contribution in [2.75, 3.05) is 34.2 Å². The van der Waals surface area contributed by atoms with Gasteiger partial charge in [-0.3, -0.25) is 4.90 Å². The average Bonchev–Trinajstić information content (AvgIpc) is 2.28. The van der Waals surface area contributed by atoms with E-state index in [1.807, 2.05) is 0 Å². The predicted molar refractivity (Wildman–Crippen MR) is 72.0 cm³/mol. The minimum atomic E-state index is 0.362. The van der Waals surface area contributed by atoms with Crippen molar-refractivity contribution in [2.24, 2.45) is 5.73 Å². The summed E-state index contributed by atoms with van der Waals surface area (Å²) in [5, 5.41) is 0. The van der Waals surface area contributed by atoms with Gasteiger partial charge in [-0.05, 0) is 44.8 Å². The molecule has 94 valence electrons. The summed E-state index contributed by atoms with van der Waals surface area (Å²) in [6.07, 6.45) is 0. The summed E-state index contributed by atoms with van der Waals surface area (Å²) in [5.41, 5.74) is 10.2. The van der Waals surface area contributed by atoms with E-state index in [9.17, 15) is 0 Å². The van der Waals surface area contributed by atoms with Crippen LogP contribution in [0.3, 0.4) is 0 Å². The Morgan fingerprint density at radius 1 is 1.41 bits per heavy atom. The Morgan fingerprint density at radius 2 is 2.12 bits per heavy atom. The van der Waals surface area contributed by atoms with Gasteiger partial charge in [0.15, 0.2) is 0 Å². The highest BCUT2D eigenvalue weighted by Gasteiger charge is 2.32. The van der Waals surface area contributed by atoms with E-state index in [0.717, 1.165) is 6.54 Å². The van der Waals surface area contributed by atoms with Crippen LogP contribution in [0.5, 0.6) is 0 Å². The van der Waals surface area contributed by atoms with Crippen LogP contribution in [-0.2, 0) is 0 Å². The van der Waals surface area contributed by atoms with Crippen molar-refractivity contribution < 1.29 is 0 Å². The summed E-state index contributed by atoms with van der Waals surface area (Å²) in [7, 11) is 6.47. The van der Waals surface area contributed by atoms with Crippen LogP contribution in [0.2, 0.25) is 0 Å². The number of rotatable bonds is 2. The Morgan fingerprint density at radius 3 is 2.71 bits per heavy atom. The van der Waals surface area contributed by atoms with Crippen LogP contribution in [-0.4, -0.2) is 44.0 Å². The van der Waals surface area contributed by atoms with E-state index in [2.05, 4.69) is 56.1 Å². The molecule has 0 radical (unpaired) electrons. The van der Waals surface area contributed by atoms with Crippen LogP contribution >= 0.6 is 0 Å². The largest absolute Gasteiger partial charge is 0.329 e. The van der Waals surface area contributed by atoms with Crippen LogP contribution in [0.15, 0.2) is 18.2 Å². The molecule has 17 heavy (non-hydrogen) atoms. The third kappa shape index (κ3) is 2.10. The molecule has 2 rings (SSSR count). The molecule has 1 aliphatic rings. The van der Waals surface area contributed by atoms with Crippen LogP contribution in [0, 0.1) is 6.92 Å². The first-order valence-corrected chi connectivity index (χ1v) is 6.22. The fraction of sp³-hybridized carbons (Fsp3) is 0.571. The summed E-state index contributed by atoms with van der Waals surface area (Å²) in [5.74, 6) is 0. The normalized spacial score (nSPS) is 25.1. The van der Waals surface area contributed by atoms with Crippen LogP contribution in [0.1, 0.15) is 28.8 Å². The van der Waals surface area contributed by atoms with E-state index < -0.39 is 0 Å². The second kappa shape index (κ2) is 4.77. The molecule has 3 nitrogen and oxygen atoms in total. The van der Waals surface area contributed by atoms with E-state index in [-0.39, 0.29) is 0 Å². The van der Waals surface area contributed by atoms with Gasteiger partial charge in [0.1, 0.15) is 0 Å². The first-order chi connectivity index (χ1) is 8.06. The fourth-order valence-electron chi connectivity index (χ4n) is 2.91. The SMILES string of the molecule is Cc1cccc2c1C(N(C)C)CN(C)C2CN. The number of aryl methyl sites for hydroxylation is 1. The predicted octanol–water partition coefficient (Wildman–Crippen LogP) is 1.54. The Hall–Kier alpha value is -0.900. The Labute approximate surface area is 104 Å².